The van der Waals surface area contributed by atoms with Crippen molar-refractivity contribution >= 4 is 27.5 Å². The van der Waals surface area contributed by atoms with Crippen LogP contribution in [0.25, 0.3) is 0 Å². The molecule has 0 unspecified atom stereocenters. The molecule has 1 amide bonds. The molecule has 0 spiro atoms. The fraction of sp³-hybridized carbons (Fsp3) is 0.455. The summed E-state index contributed by atoms with van der Waals surface area (Å²) in [4.78, 5) is 24.7. The van der Waals surface area contributed by atoms with Crippen LogP contribution in [0.1, 0.15) is 13.8 Å². The number of nitrogens with one attached hydrogen (secondary N) is 3. The molecule has 1 aromatic rings. The third kappa shape index (κ3) is 3.81. The molecule has 0 aliphatic heterocycles. The molecule has 0 aliphatic rings. The second kappa shape index (κ2) is 5.94. The van der Waals surface area contributed by atoms with E-state index in [0.717, 1.165) is 12.3 Å². The molecule has 1 rings (SSSR count). The van der Waals surface area contributed by atoms with Crippen LogP contribution < -0.4 is 15.6 Å². The van der Waals surface area contributed by atoms with Crippen molar-refractivity contribution in [3.8, 4) is 0 Å². The number of carbonyl (C=O) groups is 1. The normalized spacial score (nSPS) is 12.2. The molecule has 3 N–H and O–H groups in total. The summed E-state index contributed by atoms with van der Waals surface area (Å²) in [5.41, 5.74) is -1.48. The Bertz CT molecular complexity index is 666. The van der Waals surface area contributed by atoms with Crippen molar-refractivity contribution in [3.63, 3.8) is 0 Å². The number of hydrogen-bond acceptors (Lipinski definition) is 4. The van der Waals surface area contributed by atoms with Crippen LogP contribution in [0.4, 0.5) is 0 Å². The zero-order valence-electron chi connectivity index (χ0n) is 11.3. The Kier molecular flexibility index (Phi) is 4.95. The minimum absolute atomic E-state index is 0.0915. The van der Waals surface area contributed by atoms with Crippen molar-refractivity contribution in [3.05, 3.63) is 27.6 Å². The third-order valence-corrected chi connectivity index (χ3v) is 4.35. The van der Waals surface area contributed by atoms with Crippen LogP contribution in [0.15, 0.2) is 22.0 Å². The molecular weight excluding hydrogens is 306 g/mol. The maximum Gasteiger partial charge on any atom is 0.266 e. The van der Waals surface area contributed by atoms with Gasteiger partial charge in [0.2, 0.25) is 15.9 Å². The Morgan fingerprint density at radius 2 is 2.05 bits per heavy atom. The Hall–Kier alpha value is -1.38. The number of aromatic nitrogens is 1. The molecular formula is C11H16ClN3O4S. The first-order valence-corrected chi connectivity index (χ1v) is 7.56. The van der Waals surface area contributed by atoms with Gasteiger partial charge < -0.3 is 10.3 Å². The molecule has 7 nitrogen and oxygen atoms in total. The number of rotatable bonds is 5. The van der Waals surface area contributed by atoms with Crippen molar-refractivity contribution < 1.29 is 13.2 Å². The fourth-order valence-electron chi connectivity index (χ4n) is 1.37. The Labute approximate surface area is 121 Å². The number of H-pyrrole nitrogens is 1. The lowest BCUT2D eigenvalue weighted by Gasteiger charge is -2.22. The zero-order valence-corrected chi connectivity index (χ0v) is 12.9. The number of aromatic amines is 1. The number of amides is 1. The van der Waals surface area contributed by atoms with E-state index in [1.807, 2.05) is 0 Å². The van der Waals surface area contributed by atoms with E-state index in [9.17, 15) is 18.0 Å². The fourth-order valence-corrected chi connectivity index (χ4v) is 2.81. The first kappa shape index (κ1) is 16.7. The van der Waals surface area contributed by atoms with Crippen LogP contribution in [0.2, 0.25) is 5.02 Å². The minimum atomic E-state index is -3.86. The van der Waals surface area contributed by atoms with Crippen LogP contribution >= 0.6 is 11.6 Å². The van der Waals surface area contributed by atoms with E-state index in [2.05, 4.69) is 15.0 Å². The topological polar surface area (TPSA) is 108 Å². The van der Waals surface area contributed by atoms with Gasteiger partial charge in [0, 0.05) is 19.8 Å². The summed E-state index contributed by atoms with van der Waals surface area (Å²) in [5.74, 6) is -0.292. The SMILES string of the molecule is CNC(=O)C(C)(C)CNS(=O)(=O)c1c[nH]c(=O)c(Cl)c1. The average molecular weight is 322 g/mol. The van der Waals surface area contributed by atoms with Gasteiger partial charge in [-0.1, -0.05) is 11.6 Å². The molecule has 0 atom stereocenters. The summed E-state index contributed by atoms with van der Waals surface area (Å²) in [7, 11) is -2.39. The minimum Gasteiger partial charge on any atom is -0.359 e. The maximum atomic E-state index is 12.0. The maximum absolute atomic E-state index is 12.0. The van der Waals surface area contributed by atoms with E-state index < -0.39 is 21.0 Å². The van der Waals surface area contributed by atoms with Crippen molar-refractivity contribution in [2.24, 2.45) is 5.41 Å². The average Bonchev–Trinajstić information content (AvgIpc) is 2.38. The number of sulfonamides is 1. The van der Waals surface area contributed by atoms with E-state index in [-0.39, 0.29) is 22.4 Å². The van der Waals surface area contributed by atoms with Crippen LogP contribution in [0, 0.1) is 5.41 Å². The van der Waals surface area contributed by atoms with Gasteiger partial charge in [0.25, 0.3) is 5.56 Å². The smallest absolute Gasteiger partial charge is 0.266 e. The van der Waals surface area contributed by atoms with Gasteiger partial charge in [-0.15, -0.1) is 0 Å². The predicted molar refractivity (Wildman–Crippen MR) is 75.1 cm³/mol. The third-order valence-electron chi connectivity index (χ3n) is 2.69. The van der Waals surface area contributed by atoms with Gasteiger partial charge in [0.15, 0.2) is 0 Å². The quantitative estimate of drug-likeness (QED) is 0.713. The Morgan fingerprint density at radius 3 is 2.55 bits per heavy atom. The predicted octanol–water partition coefficient (Wildman–Crippen LogP) is 0.0788. The molecule has 0 saturated heterocycles. The molecule has 0 fully saturated rings. The molecule has 0 bridgehead atoms. The zero-order chi connectivity index (χ0) is 15.6. The molecule has 20 heavy (non-hydrogen) atoms. The van der Waals surface area contributed by atoms with Gasteiger partial charge in [0.1, 0.15) is 5.02 Å². The van der Waals surface area contributed by atoms with Crippen molar-refractivity contribution in [1.29, 1.82) is 0 Å². The second-order valence-corrected chi connectivity index (χ2v) is 6.97. The highest BCUT2D eigenvalue weighted by atomic mass is 35.5. The molecule has 0 aliphatic carbocycles. The molecule has 0 radical (unpaired) electrons. The summed E-state index contributed by atoms with van der Waals surface area (Å²) in [6, 6.07) is 1.05. The lowest BCUT2D eigenvalue weighted by Crippen LogP contribution is -2.43. The van der Waals surface area contributed by atoms with Gasteiger partial charge in [-0.3, -0.25) is 9.59 Å². The first-order valence-electron chi connectivity index (χ1n) is 5.70. The van der Waals surface area contributed by atoms with Gasteiger partial charge in [-0.25, -0.2) is 13.1 Å². The van der Waals surface area contributed by atoms with E-state index in [4.69, 9.17) is 11.6 Å². The van der Waals surface area contributed by atoms with Crippen LogP contribution in [-0.2, 0) is 14.8 Å². The standard InChI is InChI=1S/C11H16ClN3O4S/c1-11(2,10(17)13-3)6-15-20(18,19)7-4-8(12)9(16)14-5-7/h4-5,15H,6H2,1-3H3,(H,13,17)(H,14,16). The lowest BCUT2D eigenvalue weighted by atomic mass is 9.93. The van der Waals surface area contributed by atoms with Crippen molar-refractivity contribution in [2.45, 2.75) is 18.7 Å². The largest absolute Gasteiger partial charge is 0.359 e. The highest BCUT2D eigenvalue weighted by molar-refractivity contribution is 7.89. The molecule has 112 valence electrons. The summed E-state index contributed by atoms with van der Waals surface area (Å²) in [6.07, 6.45) is 1.05. The van der Waals surface area contributed by atoms with Gasteiger partial charge >= 0.3 is 0 Å². The first-order chi connectivity index (χ1) is 9.10. The monoisotopic (exact) mass is 321 g/mol. The van der Waals surface area contributed by atoms with E-state index >= 15 is 0 Å². The number of pyridine rings is 1. The van der Waals surface area contributed by atoms with E-state index in [0.29, 0.717) is 0 Å². The molecule has 0 aromatic carbocycles. The Balaban J connectivity index is 2.93. The second-order valence-electron chi connectivity index (χ2n) is 4.80. The molecule has 0 saturated carbocycles. The summed E-state index contributed by atoms with van der Waals surface area (Å²) < 4.78 is 26.4. The lowest BCUT2D eigenvalue weighted by molar-refractivity contribution is -0.128. The van der Waals surface area contributed by atoms with Crippen LogP contribution in [0.3, 0.4) is 0 Å². The van der Waals surface area contributed by atoms with Gasteiger partial charge in [0.05, 0.1) is 10.3 Å². The number of hydrogen-bond donors (Lipinski definition) is 3. The number of halogens is 1. The Morgan fingerprint density at radius 1 is 1.45 bits per heavy atom. The molecule has 1 heterocycles. The van der Waals surface area contributed by atoms with Crippen LogP contribution in [0.5, 0.6) is 0 Å². The summed E-state index contributed by atoms with van der Waals surface area (Å²) in [6.45, 7) is 3.12. The van der Waals surface area contributed by atoms with Gasteiger partial charge in [-0.2, -0.15) is 0 Å². The highest BCUT2D eigenvalue weighted by Gasteiger charge is 2.29. The molecule has 1 aromatic heterocycles. The van der Waals surface area contributed by atoms with Crippen molar-refractivity contribution in [2.75, 3.05) is 13.6 Å². The number of carbonyl (C=O) groups excluding carboxylic acids is 1. The van der Waals surface area contributed by atoms with E-state index in [1.165, 1.54) is 7.05 Å². The van der Waals surface area contributed by atoms with Gasteiger partial charge in [-0.05, 0) is 19.9 Å². The van der Waals surface area contributed by atoms with Crippen LogP contribution in [-0.4, -0.2) is 32.9 Å². The summed E-state index contributed by atoms with van der Waals surface area (Å²) in [5, 5.41) is 2.23. The van der Waals surface area contributed by atoms with Crippen molar-refractivity contribution in [1.82, 2.24) is 15.0 Å². The summed E-state index contributed by atoms with van der Waals surface area (Å²) >= 11 is 5.58. The van der Waals surface area contributed by atoms with E-state index in [1.54, 1.807) is 13.8 Å². The molecule has 9 heteroatoms. The highest BCUT2D eigenvalue weighted by Crippen LogP contribution is 2.16.